The second-order valence-corrected chi connectivity index (χ2v) is 9.20. The Bertz CT molecular complexity index is 1050. The summed E-state index contributed by atoms with van der Waals surface area (Å²) in [7, 11) is 0. The van der Waals surface area contributed by atoms with Crippen molar-refractivity contribution in [3.63, 3.8) is 0 Å². The lowest BCUT2D eigenvalue weighted by atomic mass is 9.98. The van der Waals surface area contributed by atoms with Crippen LogP contribution in [-0.4, -0.2) is 41.8 Å². The highest BCUT2D eigenvalue weighted by atomic mass is 16.5. The Hall–Kier alpha value is -3.35. The van der Waals surface area contributed by atoms with E-state index in [0.717, 1.165) is 22.3 Å². The summed E-state index contributed by atoms with van der Waals surface area (Å²) in [4.78, 5) is 36.3. The summed E-state index contributed by atoms with van der Waals surface area (Å²) in [5, 5.41) is 14.8. The van der Waals surface area contributed by atoms with Crippen LogP contribution in [0.4, 0.5) is 4.79 Å². The van der Waals surface area contributed by atoms with Crippen molar-refractivity contribution >= 4 is 18.0 Å². The van der Waals surface area contributed by atoms with Crippen LogP contribution in [0.15, 0.2) is 48.5 Å². The van der Waals surface area contributed by atoms with Gasteiger partial charge in [-0.3, -0.25) is 9.59 Å². The van der Waals surface area contributed by atoms with Crippen LogP contribution in [-0.2, 0) is 14.3 Å². The molecule has 2 amide bonds. The fraction of sp³-hybridized carbons (Fsp3) is 0.400. The van der Waals surface area contributed by atoms with E-state index in [-0.39, 0.29) is 30.4 Å². The van der Waals surface area contributed by atoms with E-state index in [1.165, 1.54) is 0 Å². The Kier molecular flexibility index (Phi) is 4.92. The number of hydrogen-bond donors (Lipinski definition) is 3. The quantitative estimate of drug-likeness (QED) is 0.647. The number of nitrogens with one attached hydrogen (secondary N) is 2. The molecule has 7 heteroatoms. The summed E-state index contributed by atoms with van der Waals surface area (Å²) in [6.07, 6.45) is 1.18. The maximum absolute atomic E-state index is 12.5. The SMILES string of the molecule is CC(NC(=O)OCC1c2ccccc2-c2ccccc21)C(=O)NC1CC2CC2(C(=O)O)C1. The number of carboxylic acid groups (broad SMARTS) is 1. The van der Waals surface area contributed by atoms with E-state index in [9.17, 15) is 19.5 Å². The second kappa shape index (κ2) is 7.65. The van der Waals surface area contributed by atoms with Crippen LogP contribution in [0.3, 0.4) is 0 Å². The van der Waals surface area contributed by atoms with Crippen molar-refractivity contribution in [1.82, 2.24) is 10.6 Å². The minimum atomic E-state index is -0.775. The lowest BCUT2D eigenvalue weighted by Gasteiger charge is -2.20. The van der Waals surface area contributed by atoms with Crippen LogP contribution in [0, 0.1) is 11.3 Å². The Balaban J connectivity index is 1.15. The molecule has 0 saturated heterocycles. The summed E-state index contributed by atoms with van der Waals surface area (Å²) in [6, 6.07) is 15.3. The van der Waals surface area contributed by atoms with Crippen molar-refractivity contribution in [1.29, 1.82) is 0 Å². The van der Waals surface area contributed by atoms with E-state index in [4.69, 9.17) is 4.74 Å². The first-order valence-corrected chi connectivity index (χ1v) is 11.0. The first kappa shape index (κ1) is 20.5. The summed E-state index contributed by atoms with van der Waals surface area (Å²) >= 11 is 0. The van der Waals surface area contributed by atoms with Crippen LogP contribution in [0.2, 0.25) is 0 Å². The monoisotopic (exact) mass is 434 g/mol. The Morgan fingerprint density at radius 1 is 1.06 bits per heavy atom. The Morgan fingerprint density at radius 2 is 1.69 bits per heavy atom. The van der Waals surface area contributed by atoms with E-state index in [0.29, 0.717) is 19.3 Å². The maximum atomic E-state index is 12.5. The number of carboxylic acids is 1. The number of hydrogen-bond acceptors (Lipinski definition) is 4. The van der Waals surface area contributed by atoms with Crippen molar-refractivity contribution < 1.29 is 24.2 Å². The number of ether oxygens (including phenoxy) is 1. The number of carbonyl (C=O) groups excluding carboxylic acids is 2. The molecule has 0 heterocycles. The molecule has 0 spiro atoms. The fourth-order valence-electron chi connectivity index (χ4n) is 5.47. The maximum Gasteiger partial charge on any atom is 0.407 e. The van der Waals surface area contributed by atoms with Gasteiger partial charge in [0.25, 0.3) is 0 Å². The predicted octanol–water partition coefficient (Wildman–Crippen LogP) is 3.28. The third-order valence-corrected chi connectivity index (χ3v) is 7.26. The van der Waals surface area contributed by atoms with Gasteiger partial charge < -0.3 is 20.5 Å². The normalized spacial score (nSPS) is 25.8. The van der Waals surface area contributed by atoms with Gasteiger partial charge in [0.2, 0.25) is 5.91 Å². The molecule has 3 N–H and O–H groups in total. The highest BCUT2D eigenvalue weighted by Crippen LogP contribution is 2.63. The van der Waals surface area contributed by atoms with Crippen LogP contribution < -0.4 is 10.6 Å². The van der Waals surface area contributed by atoms with E-state index < -0.39 is 23.5 Å². The van der Waals surface area contributed by atoms with Gasteiger partial charge in [0, 0.05) is 12.0 Å². The molecule has 4 unspecified atom stereocenters. The number of rotatable bonds is 6. The Labute approximate surface area is 186 Å². The van der Waals surface area contributed by atoms with Crippen LogP contribution in [0.5, 0.6) is 0 Å². The van der Waals surface area contributed by atoms with Gasteiger partial charge in [0.1, 0.15) is 12.6 Å². The molecule has 0 aromatic heterocycles. The smallest absolute Gasteiger partial charge is 0.407 e. The molecular weight excluding hydrogens is 408 g/mol. The Morgan fingerprint density at radius 3 is 2.28 bits per heavy atom. The van der Waals surface area contributed by atoms with Gasteiger partial charge in [-0.15, -0.1) is 0 Å². The number of aliphatic carboxylic acids is 1. The van der Waals surface area contributed by atoms with Crippen molar-refractivity contribution in [2.75, 3.05) is 6.61 Å². The van der Waals surface area contributed by atoms with E-state index >= 15 is 0 Å². The molecular formula is C25H26N2O5. The third-order valence-electron chi connectivity index (χ3n) is 7.26. The first-order valence-electron chi connectivity index (χ1n) is 11.0. The van der Waals surface area contributed by atoms with Crippen molar-refractivity contribution in [3.8, 4) is 11.1 Å². The average molecular weight is 434 g/mol. The molecule has 0 radical (unpaired) electrons. The van der Waals surface area contributed by atoms with Gasteiger partial charge in [-0.1, -0.05) is 48.5 Å². The zero-order valence-electron chi connectivity index (χ0n) is 17.8. The van der Waals surface area contributed by atoms with Crippen molar-refractivity contribution in [3.05, 3.63) is 59.7 Å². The van der Waals surface area contributed by atoms with Crippen LogP contribution in [0.25, 0.3) is 11.1 Å². The van der Waals surface area contributed by atoms with Gasteiger partial charge >= 0.3 is 12.1 Å². The molecule has 2 saturated carbocycles. The number of amides is 2. The number of carbonyl (C=O) groups is 3. The lowest BCUT2D eigenvalue weighted by Crippen LogP contribution is -2.48. The van der Waals surface area contributed by atoms with E-state index in [2.05, 4.69) is 22.8 Å². The van der Waals surface area contributed by atoms with Gasteiger partial charge in [-0.25, -0.2) is 4.79 Å². The molecule has 4 atom stereocenters. The summed E-state index contributed by atoms with van der Waals surface area (Å²) < 4.78 is 5.49. The van der Waals surface area contributed by atoms with Gasteiger partial charge in [-0.2, -0.15) is 0 Å². The molecule has 0 aliphatic heterocycles. The summed E-state index contributed by atoms with van der Waals surface area (Å²) in [6.45, 7) is 1.78. The highest BCUT2D eigenvalue weighted by Gasteiger charge is 2.65. The number of benzene rings is 2. The second-order valence-electron chi connectivity index (χ2n) is 9.20. The molecule has 3 aliphatic rings. The fourth-order valence-corrected chi connectivity index (χ4v) is 5.47. The van der Waals surface area contributed by atoms with Crippen molar-refractivity contribution in [2.24, 2.45) is 11.3 Å². The predicted molar refractivity (Wildman–Crippen MR) is 117 cm³/mol. The van der Waals surface area contributed by atoms with Gasteiger partial charge in [0.05, 0.1) is 5.41 Å². The molecule has 5 rings (SSSR count). The number of alkyl carbamates (subject to hydrolysis) is 1. The molecule has 2 aromatic rings. The number of fused-ring (bicyclic) bond motifs is 4. The van der Waals surface area contributed by atoms with Gasteiger partial charge in [-0.05, 0) is 54.4 Å². The lowest BCUT2D eigenvalue weighted by molar-refractivity contribution is -0.143. The molecule has 2 fully saturated rings. The zero-order valence-corrected chi connectivity index (χ0v) is 17.8. The standard InChI is InChI=1S/C25H26N2O5/c1-14(22(28)27-16-10-15-11-25(15,12-16)23(29)30)26-24(31)32-13-21-19-8-4-2-6-17(19)18-7-3-5-9-20(18)21/h2-9,14-16,21H,10-13H2,1H3,(H,26,31)(H,27,28)(H,29,30). The minimum absolute atomic E-state index is 0.0466. The van der Waals surface area contributed by atoms with E-state index in [1.807, 2.05) is 36.4 Å². The first-order chi connectivity index (χ1) is 15.4. The molecule has 0 bridgehead atoms. The van der Waals surface area contributed by atoms with E-state index in [1.54, 1.807) is 6.92 Å². The highest BCUT2D eigenvalue weighted by molar-refractivity contribution is 5.86. The molecule has 2 aromatic carbocycles. The summed E-state index contributed by atoms with van der Waals surface area (Å²) in [5.41, 5.74) is 3.90. The van der Waals surface area contributed by atoms with Crippen LogP contribution in [0.1, 0.15) is 43.2 Å². The van der Waals surface area contributed by atoms with Crippen LogP contribution >= 0.6 is 0 Å². The third kappa shape index (κ3) is 3.42. The minimum Gasteiger partial charge on any atom is -0.481 e. The molecule has 3 aliphatic carbocycles. The topological polar surface area (TPSA) is 105 Å². The molecule has 32 heavy (non-hydrogen) atoms. The molecule has 166 valence electrons. The average Bonchev–Trinajstić information content (AvgIpc) is 3.21. The zero-order chi connectivity index (χ0) is 22.5. The van der Waals surface area contributed by atoms with Gasteiger partial charge in [0.15, 0.2) is 0 Å². The van der Waals surface area contributed by atoms with Crippen molar-refractivity contribution in [2.45, 2.75) is 44.2 Å². The summed E-state index contributed by atoms with van der Waals surface area (Å²) in [5.74, 6) is -1.00. The molecule has 7 nitrogen and oxygen atoms in total. The largest absolute Gasteiger partial charge is 0.481 e.